The molecule has 0 bridgehead atoms. The van der Waals surface area contributed by atoms with Crippen LogP contribution in [0.4, 0.5) is 0 Å². The molecule has 0 aliphatic carbocycles. The number of nitrogens with two attached hydrogens (primary N) is 1. The smallest absolute Gasteiger partial charge is 0.231 e. The fourth-order valence-corrected chi connectivity index (χ4v) is 2.21. The molecule has 1 aliphatic heterocycles. The van der Waals surface area contributed by atoms with E-state index in [4.69, 9.17) is 15.2 Å². The number of benzene rings is 1. The Morgan fingerprint density at radius 2 is 2.06 bits per heavy atom. The van der Waals surface area contributed by atoms with E-state index in [-0.39, 0.29) is 6.79 Å². The Morgan fingerprint density at radius 1 is 1.33 bits per heavy atom. The van der Waals surface area contributed by atoms with Gasteiger partial charge in [0.2, 0.25) is 6.79 Å². The van der Waals surface area contributed by atoms with Crippen molar-refractivity contribution in [3.63, 3.8) is 0 Å². The molecule has 2 heterocycles. The summed E-state index contributed by atoms with van der Waals surface area (Å²) < 4.78 is 12.5. The van der Waals surface area contributed by atoms with E-state index in [1.807, 2.05) is 32.3 Å². The van der Waals surface area contributed by atoms with E-state index in [2.05, 4.69) is 5.10 Å². The molecule has 5 heteroatoms. The van der Waals surface area contributed by atoms with Crippen molar-refractivity contribution in [1.82, 2.24) is 9.78 Å². The molecule has 94 valence electrons. The lowest BCUT2D eigenvalue weighted by molar-refractivity contribution is 0.174. The number of nitrogens with zero attached hydrogens (tertiary/aromatic N) is 2. The normalized spacial score (nSPS) is 13.1. The van der Waals surface area contributed by atoms with Crippen molar-refractivity contribution >= 4 is 0 Å². The van der Waals surface area contributed by atoms with Crippen molar-refractivity contribution in [3.05, 3.63) is 29.5 Å². The summed E-state index contributed by atoms with van der Waals surface area (Å²) in [5, 5.41) is 4.48. The minimum atomic E-state index is 0.282. The molecule has 0 saturated carbocycles. The molecule has 18 heavy (non-hydrogen) atoms. The van der Waals surface area contributed by atoms with E-state index < -0.39 is 0 Å². The molecule has 5 nitrogen and oxygen atoms in total. The zero-order valence-electron chi connectivity index (χ0n) is 10.4. The predicted molar refractivity (Wildman–Crippen MR) is 67.4 cm³/mol. The fraction of sp³-hybridized carbons (Fsp3) is 0.308. The second-order valence-corrected chi connectivity index (χ2v) is 4.40. The number of fused-ring (bicyclic) bond motifs is 1. The molecule has 2 aromatic rings. The van der Waals surface area contributed by atoms with Gasteiger partial charge in [-0.05, 0) is 24.6 Å². The van der Waals surface area contributed by atoms with E-state index in [0.717, 1.165) is 33.9 Å². The maximum absolute atomic E-state index is 5.75. The highest BCUT2D eigenvalue weighted by atomic mass is 16.7. The summed E-state index contributed by atoms with van der Waals surface area (Å²) in [5.74, 6) is 1.56. The third-order valence-electron chi connectivity index (χ3n) is 3.10. The summed E-state index contributed by atoms with van der Waals surface area (Å²) in [4.78, 5) is 0. The molecule has 2 N–H and O–H groups in total. The van der Waals surface area contributed by atoms with Crippen LogP contribution >= 0.6 is 0 Å². The van der Waals surface area contributed by atoms with Crippen LogP contribution in [0.15, 0.2) is 18.3 Å². The summed E-state index contributed by atoms with van der Waals surface area (Å²) in [6.45, 7) is 2.79. The highest BCUT2D eigenvalue weighted by Crippen LogP contribution is 2.38. The summed E-state index contributed by atoms with van der Waals surface area (Å²) >= 11 is 0. The van der Waals surface area contributed by atoms with Gasteiger partial charge < -0.3 is 15.2 Å². The first-order chi connectivity index (χ1) is 8.69. The zero-order valence-corrected chi connectivity index (χ0v) is 10.4. The first-order valence-electron chi connectivity index (χ1n) is 5.82. The summed E-state index contributed by atoms with van der Waals surface area (Å²) in [6.07, 6.45) is 1.94. The minimum Gasteiger partial charge on any atom is -0.454 e. The standard InChI is InChI=1S/C13H15N3O2/c1-8-3-11-12(18-7-17-11)4-10(8)13-9(5-14)6-16(2)15-13/h3-4,6H,5,7,14H2,1-2H3. The Labute approximate surface area is 105 Å². The predicted octanol–water partition coefficient (Wildman–Crippen LogP) is 1.58. The van der Waals surface area contributed by atoms with E-state index >= 15 is 0 Å². The van der Waals surface area contributed by atoms with Crippen LogP contribution in [-0.4, -0.2) is 16.6 Å². The van der Waals surface area contributed by atoms with E-state index in [9.17, 15) is 0 Å². The van der Waals surface area contributed by atoms with Gasteiger partial charge in [-0.1, -0.05) is 0 Å². The second-order valence-electron chi connectivity index (χ2n) is 4.40. The van der Waals surface area contributed by atoms with Gasteiger partial charge in [-0.25, -0.2) is 0 Å². The second kappa shape index (κ2) is 4.03. The van der Waals surface area contributed by atoms with E-state index in [1.54, 1.807) is 4.68 Å². The summed E-state index contributed by atoms with van der Waals surface area (Å²) in [6, 6.07) is 3.95. The highest BCUT2D eigenvalue weighted by Gasteiger charge is 2.19. The minimum absolute atomic E-state index is 0.282. The van der Waals surface area contributed by atoms with Crippen molar-refractivity contribution in [2.24, 2.45) is 12.8 Å². The van der Waals surface area contributed by atoms with Gasteiger partial charge in [-0.2, -0.15) is 5.10 Å². The molecule has 0 saturated heterocycles. The van der Waals surface area contributed by atoms with Crippen LogP contribution < -0.4 is 15.2 Å². The molecule has 0 amide bonds. The molecule has 1 aliphatic rings. The van der Waals surface area contributed by atoms with Gasteiger partial charge in [-0.3, -0.25) is 4.68 Å². The average Bonchev–Trinajstić information content (AvgIpc) is 2.93. The summed E-state index contributed by atoms with van der Waals surface area (Å²) in [7, 11) is 1.89. The molecule has 0 atom stereocenters. The topological polar surface area (TPSA) is 62.3 Å². The van der Waals surface area contributed by atoms with Crippen LogP contribution in [0.2, 0.25) is 0 Å². The molecule has 0 spiro atoms. The first kappa shape index (κ1) is 11.1. The average molecular weight is 245 g/mol. The van der Waals surface area contributed by atoms with Crippen molar-refractivity contribution in [2.45, 2.75) is 13.5 Å². The maximum Gasteiger partial charge on any atom is 0.231 e. The number of hydrogen-bond donors (Lipinski definition) is 1. The molecule has 0 fully saturated rings. The highest BCUT2D eigenvalue weighted by molar-refractivity contribution is 5.70. The number of hydrogen-bond acceptors (Lipinski definition) is 4. The van der Waals surface area contributed by atoms with Gasteiger partial charge in [0.15, 0.2) is 11.5 Å². The van der Waals surface area contributed by atoms with Crippen LogP contribution in [0.1, 0.15) is 11.1 Å². The molecule has 1 aromatic heterocycles. The van der Waals surface area contributed by atoms with Crippen molar-refractivity contribution < 1.29 is 9.47 Å². The van der Waals surface area contributed by atoms with E-state index in [0.29, 0.717) is 6.54 Å². The van der Waals surface area contributed by atoms with Gasteiger partial charge in [0, 0.05) is 30.9 Å². The lowest BCUT2D eigenvalue weighted by Crippen LogP contribution is -1.97. The number of ether oxygens (including phenoxy) is 2. The number of aromatic nitrogens is 2. The molecule has 0 radical (unpaired) electrons. The van der Waals surface area contributed by atoms with Gasteiger partial charge in [0.25, 0.3) is 0 Å². The zero-order chi connectivity index (χ0) is 12.7. The third-order valence-corrected chi connectivity index (χ3v) is 3.10. The SMILES string of the molecule is Cc1cc2c(cc1-c1nn(C)cc1CN)OCO2. The van der Waals surface area contributed by atoms with Crippen molar-refractivity contribution in [1.29, 1.82) is 0 Å². The Morgan fingerprint density at radius 3 is 2.78 bits per heavy atom. The number of rotatable bonds is 2. The lowest BCUT2D eigenvalue weighted by atomic mass is 10.0. The Hall–Kier alpha value is -2.01. The third kappa shape index (κ3) is 1.64. The Kier molecular flexibility index (Phi) is 2.48. The largest absolute Gasteiger partial charge is 0.454 e. The molecule has 3 rings (SSSR count). The van der Waals surface area contributed by atoms with Gasteiger partial charge in [0.05, 0.1) is 5.69 Å². The first-order valence-corrected chi connectivity index (χ1v) is 5.82. The van der Waals surface area contributed by atoms with Gasteiger partial charge >= 0.3 is 0 Å². The molecular formula is C13H15N3O2. The van der Waals surface area contributed by atoms with Crippen LogP contribution in [0.25, 0.3) is 11.3 Å². The monoisotopic (exact) mass is 245 g/mol. The Bertz CT molecular complexity index is 605. The molecular weight excluding hydrogens is 230 g/mol. The molecule has 1 aromatic carbocycles. The fourth-order valence-electron chi connectivity index (χ4n) is 2.21. The maximum atomic E-state index is 5.75. The lowest BCUT2D eigenvalue weighted by Gasteiger charge is -2.06. The van der Waals surface area contributed by atoms with Crippen LogP contribution in [0.5, 0.6) is 11.5 Å². The van der Waals surface area contributed by atoms with Crippen LogP contribution in [0, 0.1) is 6.92 Å². The van der Waals surface area contributed by atoms with Crippen LogP contribution in [-0.2, 0) is 13.6 Å². The van der Waals surface area contributed by atoms with Crippen molar-refractivity contribution in [3.8, 4) is 22.8 Å². The quantitative estimate of drug-likeness (QED) is 0.872. The van der Waals surface area contributed by atoms with Crippen LogP contribution in [0.3, 0.4) is 0 Å². The van der Waals surface area contributed by atoms with Gasteiger partial charge in [-0.15, -0.1) is 0 Å². The Balaban J connectivity index is 2.16. The number of aryl methyl sites for hydroxylation is 2. The molecule has 0 unspecified atom stereocenters. The van der Waals surface area contributed by atoms with E-state index in [1.165, 1.54) is 0 Å². The summed E-state index contributed by atoms with van der Waals surface area (Å²) in [5.41, 5.74) is 9.84. The van der Waals surface area contributed by atoms with Gasteiger partial charge in [0.1, 0.15) is 0 Å². The van der Waals surface area contributed by atoms with Crippen molar-refractivity contribution in [2.75, 3.05) is 6.79 Å².